The van der Waals surface area contributed by atoms with Crippen LogP contribution in [-0.4, -0.2) is 41.9 Å². The third-order valence-corrected chi connectivity index (χ3v) is 8.71. The van der Waals surface area contributed by atoms with Gasteiger partial charge in [-0.05, 0) is 43.9 Å². The SMILES string of the molecule is CC12C(=O)N(c3ccccc3)C(=O)C1CC1C(=CCC3C(=O)NC(=O)C31)C2c1ccccc1OCCO. The second-order valence-electron chi connectivity index (χ2n) is 10.5. The predicted molar refractivity (Wildman–Crippen MR) is 133 cm³/mol. The van der Waals surface area contributed by atoms with Crippen LogP contribution in [0.4, 0.5) is 5.69 Å². The molecule has 3 fully saturated rings. The number of rotatable bonds is 5. The van der Waals surface area contributed by atoms with Crippen LogP contribution in [0.5, 0.6) is 5.75 Å². The van der Waals surface area contributed by atoms with Crippen molar-refractivity contribution in [3.8, 4) is 5.75 Å². The van der Waals surface area contributed by atoms with Gasteiger partial charge in [0.25, 0.3) is 0 Å². The molecule has 8 heteroatoms. The maximum Gasteiger partial charge on any atom is 0.241 e. The van der Waals surface area contributed by atoms with Crippen molar-refractivity contribution < 1.29 is 29.0 Å². The number of carbonyl (C=O) groups excluding carboxylic acids is 4. The molecule has 8 nitrogen and oxygen atoms in total. The number of aliphatic hydroxyl groups is 1. The van der Waals surface area contributed by atoms with Gasteiger partial charge in [-0.15, -0.1) is 0 Å². The minimum Gasteiger partial charge on any atom is -0.491 e. The highest BCUT2D eigenvalue weighted by molar-refractivity contribution is 6.24. The van der Waals surface area contributed by atoms with Gasteiger partial charge >= 0.3 is 0 Å². The molecule has 0 aromatic heterocycles. The predicted octanol–water partition coefficient (Wildman–Crippen LogP) is 2.58. The monoisotopic (exact) mass is 500 g/mol. The summed E-state index contributed by atoms with van der Waals surface area (Å²) in [6.07, 6.45) is 2.71. The van der Waals surface area contributed by atoms with E-state index >= 15 is 0 Å². The van der Waals surface area contributed by atoms with E-state index in [2.05, 4.69) is 5.32 Å². The minimum absolute atomic E-state index is 0.0803. The molecule has 2 heterocycles. The molecule has 190 valence electrons. The van der Waals surface area contributed by atoms with Gasteiger partial charge in [0.1, 0.15) is 12.4 Å². The van der Waals surface area contributed by atoms with Gasteiger partial charge in [-0.25, -0.2) is 4.90 Å². The average molecular weight is 501 g/mol. The van der Waals surface area contributed by atoms with Crippen molar-refractivity contribution >= 4 is 29.3 Å². The van der Waals surface area contributed by atoms with E-state index in [4.69, 9.17) is 4.74 Å². The summed E-state index contributed by atoms with van der Waals surface area (Å²) in [5.41, 5.74) is 1.03. The smallest absolute Gasteiger partial charge is 0.241 e. The highest BCUT2D eigenvalue weighted by atomic mass is 16.5. The van der Waals surface area contributed by atoms with E-state index in [0.29, 0.717) is 24.3 Å². The van der Waals surface area contributed by atoms with Crippen LogP contribution in [0, 0.1) is 29.1 Å². The van der Waals surface area contributed by atoms with Crippen molar-refractivity contribution in [2.75, 3.05) is 18.1 Å². The van der Waals surface area contributed by atoms with Crippen molar-refractivity contribution in [1.29, 1.82) is 0 Å². The average Bonchev–Trinajstić information content (AvgIpc) is 3.30. The molecule has 4 aliphatic rings. The lowest BCUT2D eigenvalue weighted by Crippen LogP contribution is -2.48. The van der Waals surface area contributed by atoms with Gasteiger partial charge in [0.05, 0.1) is 35.5 Å². The molecular weight excluding hydrogens is 472 g/mol. The Bertz CT molecular complexity index is 1340. The Labute approximate surface area is 214 Å². The van der Waals surface area contributed by atoms with Crippen LogP contribution in [0.2, 0.25) is 0 Å². The number of imide groups is 2. The Morgan fingerprint density at radius 2 is 1.73 bits per heavy atom. The summed E-state index contributed by atoms with van der Waals surface area (Å²) in [4.78, 5) is 55.0. The van der Waals surface area contributed by atoms with Crippen LogP contribution in [0.1, 0.15) is 31.2 Å². The van der Waals surface area contributed by atoms with Crippen molar-refractivity contribution in [3.63, 3.8) is 0 Å². The molecule has 2 aliphatic heterocycles. The Kier molecular flexibility index (Phi) is 5.53. The summed E-state index contributed by atoms with van der Waals surface area (Å²) in [5, 5.41) is 11.9. The maximum absolute atomic E-state index is 14.3. The van der Waals surface area contributed by atoms with E-state index < -0.39 is 29.1 Å². The van der Waals surface area contributed by atoms with Crippen LogP contribution in [0.3, 0.4) is 0 Å². The highest BCUT2D eigenvalue weighted by Gasteiger charge is 2.67. The second kappa shape index (κ2) is 8.66. The lowest BCUT2D eigenvalue weighted by molar-refractivity contribution is -0.131. The van der Waals surface area contributed by atoms with Gasteiger partial charge in [0, 0.05) is 11.5 Å². The molecule has 37 heavy (non-hydrogen) atoms. The zero-order valence-electron chi connectivity index (χ0n) is 20.4. The number of amides is 4. The van der Waals surface area contributed by atoms with E-state index in [9.17, 15) is 24.3 Å². The first kappa shape index (κ1) is 23.6. The third kappa shape index (κ3) is 3.31. The highest BCUT2D eigenvalue weighted by Crippen LogP contribution is 2.64. The molecule has 6 unspecified atom stereocenters. The lowest BCUT2D eigenvalue weighted by atomic mass is 9.51. The van der Waals surface area contributed by atoms with Crippen LogP contribution in [-0.2, 0) is 19.2 Å². The van der Waals surface area contributed by atoms with Crippen LogP contribution < -0.4 is 15.0 Å². The molecule has 0 radical (unpaired) electrons. The number of hydrogen-bond acceptors (Lipinski definition) is 6. The number of hydrogen-bond donors (Lipinski definition) is 2. The zero-order valence-corrected chi connectivity index (χ0v) is 20.4. The molecule has 2 saturated heterocycles. The van der Waals surface area contributed by atoms with Crippen molar-refractivity contribution in [1.82, 2.24) is 5.32 Å². The fourth-order valence-electron chi connectivity index (χ4n) is 7.10. The molecule has 0 spiro atoms. The first-order valence-electron chi connectivity index (χ1n) is 12.7. The number of para-hydroxylation sites is 2. The summed E-state index contributed by atoms with van der Waals surface area (Å²) >= 11 is 0. The normalized spacial score (nSPS) is 32.4. The fourth-order valence-corrected chi connectivity index (χ4v) is 7.10. The standard InChI is InChI=1S/C29H28N2O6/c1-29-21(27(35)31(28(29)36)16-7-3-2-4-8-16)15-20-17(11-12-19-23(20)26(34)30-25(19)33)24(29)18-9-5-6-10-22(18)37-14-13-32/h2-11,19-21,23-24,32H,12-15H2,1H3,(H,30,33,34). The van der Waals surface area contributed by atoms with E-state index in [1.54, 1.807) is 30.3 Å². The zero-order chi connectivity index (χ0) is 25.9. The number of ether oxygens (including phenoxy) is 1. The topological polar surface area (TPSA) is 113 Å². The molecular formula is C29H28N2O6. The number of aliphatic hydroxyl groups excluding tert-OH is 1. The van der Waals surface area contributed by atoms with Crippen molar-refractivity contribution in [3.05, 3.63) is 71.8 Å². The Balaban J connectivity index is 1.54. The van der Waals surface area contributed by atoms with Gasteiger partial charge in [0.2, 0.25) is 23.6 Å². The Morgan fingerprint density at radius 1 is 1.00 bits per heavy atom. The summed E-state index contributed by atoms with van der Waals surface area (Å²) in [6, 6.07) is 16.3. The van der Waals surface area contributed by atoms with Crippen LogP contribution in [0.15, 0.2) is 66.2 Å². The molecule has 2 aliphatic carbocycles. The largest absolute Gasteiger partial charge is 0.491 e. The van der Waals surface area contributed by atoms with Gasteiger partial charge in [0.15, 0.2) is 0 Å². The maximum atomic E-state index is 14.3. The van der Waals surface area contributed by atoms with Gasteiger partial charge in [-0.1, -0.05) is 48.0 Å². The summed E-state index contributed by atoms with van der Waals surface area (Å²) in [5.74, 6) is -3.25. The molecule has 2 N–H and O–H groups in total. The lowest BCUT2D eigenvalue weighted by Gasteiger charge is -2.49. The molecule has 6 rings (SSSR count). The second-order valence-corrected chi connectivity index (χ2v) is 10.5. The van der Waals surface area contributed by atoms with Gasteiger partial charge in [-0.2, -0.15) is 0 Å². The van der Waals surface area contributed by atoms with E-state index in [0.717, 1.165) is 11.1 Å². The first-order chi connectivity index (χ1) is 17.9. The number of allylic oxidation sites excluding steroid dienone is 2. The number of benzene rings is 2. The van der Waals surface area contributed by atoms with E-state index in [1.165, 1.54) is 4.90 Å². The van der Waals surface area contributed by atoms with Crippen LogP contribution >= 0.6 is 0 Å². The Morgan fingerprint density at radius 3 is 2.49 bits per heavy atom. The number of anilines is 1. The fraction of sp³-hybridized carbons (Fsp3) is 0.379. The first-order valence-corrected chi connectivity index (χ1v) is 12.7. The Hall–Kier alpha value is -3.78. The van der Waals surface area contributed by atoms with Gasteiger partial charge < -0.3 is 9.84 Å². The molecule has 2 aromatic carbocycles. The number of carbonyl (C=O) groups is 4. The summed E-state index contributed by atoms with van der Waals surface area (Å²) < 4.78 is 5.89. The molecule has 2 aromatic rings. The van der Waals surface area contributed by atoms with Crippen molar-refractivity contribution in [2.45, 2.75) is 25.7 Å². The van der Waals surface area contributed by atoms with E-state index in [-0.39, 0.29) is 42.8 Å². The molecule has 4 amide bonds. The van der Waals surface area contributed by atoms with E-state index in [1.807, 2.05) is 37.3 Å². The van der Waals surface area contributed by atoms with Gasteiger partial charge in [-0.3, -0.25) is 24.5 Å². The third-order valence-electron chi connectivity index (χ3n) is 8.71. The minimum atomic E-state index is -1.13. The molecule has 1 saturated carbocycles. The summed E-state index contributed by atoms with van der Waals surface area (Å²) in [7, 11) is 0. The molecule has 0 bridgehead atoms. The molecule has 6 atom stereocenters. The number of nitrogens with one attached hydrogen (secondary N) is 1. The number of fused-ring (bicyclic) bond motifs is 4. The quantitative estimate of drug-likeness (QED) is 0.482. The van der Waals surface area contributed by atoms with Crippen molar-refractivity contribution in [2.24, 2.45) is 29.1 Å². The number of nitrogens with zero attached hydrogens (tertiary/aromatic N) is 1. The van der Waals surface area contributed by atoms with Crippen LogP contribution in [0.25, 0.3) is 0 Å². The summed E-state index contributed by atoms with van der Waals surface area (Å²) in [6.45, 7) is 1.75.